The summed E-state index contributed by atoms with van der Waals surface area (Å²) in [4.78, 5) is 8.48. The first kappa shape index (κ1) is 17.6. The molecule has 0 saturated carbocycles. The second kappa shape index (κ2) is 6.75. The van der Waals surface area contributed by atoms with Crippen LogP contribution < -0.4 is 5.73 Å². The van der Waals surface area contributed by atoms with Crippen LogP contribution in [0.15, 0.2) is 42.6 Å². The number of hydrogen-bond acceptors (Lipinski definition) is 4. The Morgan fingerprint density at radius 3 is 2.44 bits per heavy atom. The molecule has 0 amide bonds. The summed E-state index contributed by atoms with van der Waals surface area (Å²) in [5.41, 5.74) is 7.34. The molecule has 0 fully saturated rings. The Morgan fingerprint density at radius 2 is 1.74 bits per heavy atom. The van der Waals surface area contributed by atoms with Crippen molar-refractivity contribution in [2.24, 2.45) is 0 Å². The van der Waals surface area contributed by atoms with Crippen molar-refractivity contribution in [3.05, 3.63) is 69.8 Å². The number of fused-ring (bicyclic) bond motifs is 1. The molecule has 0 unspecified atom stereocenters. The second-order valence-corrected chi connectivity index (χ2v) is 6.64. The molecule has 4 aromatic rings. The van der Waals surface area contributed by atoms with E-state index < -0.39 is 11.6 Å². The molecule has 9 heteroatoms. The molecule has 0 atom stereocenters. The first-order valence-electron chi connectivity index (χ1n) is 7.81. The van der Waals surface area contributed by atoms with E-state index in [0.717, 1.165) is 12.1 Å². The van der Waals surface area contributed by atoms with Crippen LogP contribution in [0.5, 0.6) is 0 Å². The van der Waals surface area contributed by atoms with Gasteiger partial charge in [-0.2, -0.15) is 5.10 Å². The Bertz CT molecular complexity index is 1160. The van der Waals surface area contributed by atoms with Crippen LogP contribution in [0.3, 0.4) is 0 Å². The molecule has 0 saturated heterocycles. The lowest BCUT2D eigenvalue weighted by Crippen LogP contribution is -2.01. The van der Waals surface area contributed by atoms with E-state index in [2.05, 4.69) is 15.1 Å². The van der Waals surface area contributed by atoms with Gasteiger partial charge >= 0.3 is 0 Å². The minimum absolute atomic E-state index is 0.153. The number of hydrogen-bond donors (Lipinski definition) is 1. The van der Waals surface area contributed by atoms with Crippen LogP contribution in [-0.4, -0.2) is 19.7 Å². The van der Waals surface area contributed by atoms with E-state index in [4.69, 9.17) is 28.9 Å². The largest absolute Gasteiger partial charge is 0.383 e. The SMILES string of the molecule is Nc1nc(-c2ccc(F)c(F)c2)nc2nn(Cc3c(Cl)cccc3Cl)cc12. The van der Waals surface area contributed by atoms with Gasteiger partial charge in [-0.3, -0.25) is 4.68 Å². The maximum atomic E-state index is 13.5. The van der Waals surface area contributed by atoms with E-state index in [9.17, 15) is 8.78 Å². The van der Waals surface area contributed by atoms with Gasteiger partial charge in [-0.15, -0.1) is 0 Å². The van der Waals surface area contributed by atoms with Crippen LogP contribution in [0.4, 0.5) is 14.6 Å². The molecule has 2 aromatic carbocycles. The Hall–Kier alpha value is -2.77. The van der Waals surface area contributed by atoms with Gasteiger partial charge in [-0.05, 0) is 30.3 Å². The molecule has 5 nitrogen and oxygen atoms in total. The standard InChI is InChI=1S/C18H11Cl2F2N5/c19-12-2-1-3-13(20)10(12)7-27-8-11-16(23)24-17(25-18(11)26-27)9-4-5-14(21)15(22)6-9/h1-6,8H,7H2,(H2,23,24,25,26). The minimum atomic E-state index is -0.992. The molecule has 2 aromatic heterocycles. The van der Waals surface area contributed by atoms with Crippen molar-refractivity contribution in [1.29, 1.82) is 0 Å². The zero-order valence-corrected chi connectivity index (χ0v) is 15.1. The second-order valence-electron chi connectivity index (χ2n) is 5.83. The third kappa shape index (κ3) is 3.31. The van der Waals surface area contributed by atoms with Crippen LogP contribution in [0, 0.1) is 11.6 Å². The summed E-state index contributed by atoms with van der Waals surface area (Å²) in [5.74, 6) is -1.61. The Kier molecular flexibility index (Phi) is 4.41. The average Bonchev–Trinajstić information content (AvgIpc) is 3.04. The molecular weight excluding hydrogens is 395 g/mol. The van der Waals surface area contributed by atoms with Gasteiger partial charge in [0.2, 0.25) is 0 Å². The average molecular weight is 406 g/mol. The predicted octanol–water partition coefficient (Wildman–Crippen LogP) is 4.71. The van der Waals surface area contributed by atoms with Crippen molar-refractivity contribution in [3.63, 3.8) is 0 Å². The summed E-state index contributed by atoms with van der Waals surface area (Å²) in [6, 6.07) is 8.62. The van der Waals surface area contributed by atoms with Crippen LogP contribution in [0.25, 0.3) is 22.4 Å². The molecule has 0 aliphatic carbocycles. The molecule has 0 radical (unpaired) electrons. The molecule has 0 aliphatic heterocycles. The first-order chi connectivity index (χ1) is 12.9. The predicted molar refractivity (Wildman–Crippen MR) is 101 cm³/mol. The molecule has 0 bridgehead atoms. The van der Waals surface area contributed by atoms with Gasteiger partial charge in [-0.25, -0.2) is 18.7 Å². The van der Waals surface area contributed by atoms with Crippen molar-refractivity contribution < 1.29 is 8.78 Å². The fourth-order valence-corrected chi connectivity index (χ4v) is 3.18. The normalized spacial score (nSPS) is 11.3. The highest BCUT2D eigenvalue weighted by molar-refractivity contribution is 6.35. The quantitative estimate of drug-likeness (QED) is 0.535. The molecule has 136 valence electrons. The molecule has 4 rings (SSSR count). The van der Waals surface area contributed by atoms with E-state index in [0.29, 0.717) is 38.8 Å². The van der Waals surface area contributed by atoms with E-state index in [1.807, 2.05) is 0 Å². The molecule has 0 spiro atoms. The van der Waals surface area contributed by atoms with Crippen LogP contribution >= 0.6 is 23.2 Å². The molecular formula is C18H11Cl2F2N5. The maximum Gasteiger partial charge on any atom is 0.186 e. The first-order valence-corrected chi connectivity index (χ1v) is 8.57. The Morgan fingerprint density at radius 1 is 1.00 bits per heavy atom. The zero-order valence-electron chi connectivity index (χ0n) is 13.6. The molecule has 27 heavy (non-hydrogen) atoms. The van der Waals surface area contributed by atoms with E-state index in [1.165, 1.54) is 6.07 Å². The van der Waals surface area contributed by atoms with Crippen molar-refractivity contribution >= 4 is 40.1 Å². The van der Waals surface area contributed by atoms with Crippen LogP contribution in [-0.2, 0) is 6.54 Å². The lowest BCUT2D eigenvalue weighted by molar-refractivity contribution is 0.509. The van der Waals surface area contributed by atoms with Crippen molar-refractivity contribution in [2.75, 3.05) is 5.73 Å². The molecule has 2 N–H and O–H groups in total. The molecule has 0 aliphatic rings. The van der Waals surface area contributed by atoms with Gasteiger partial charge in [0.15, 0.2) is 23.1 Å². The summed E-state index contributed by atoms with van der Waals surface area (Å²) < 4.78 is 28.2. The summed E-state index contributed by atoms with van der Waals surface area (Å²) in [7, 11) is 0. The maximum absolute atomic E-state index is 13.5. The topological polar surface area (TPSA) is 69.6 Å². The number of nitrogens with two attached hydrogens (primary N) is 1. The summed E-state index contributed by atoms with van der Waals surface area (Å²) in [6.45, 7) is 0.314. The number of benzene rings is 2. The zero-order chi connectivity index (χ0) is 19.1. The monoisotopic (exact) mass is 405 g/mol. The fourth-order valence-electron chi connectivity index (χ4n) is 2.66. The number of anilines is 1. The van der Waals surface area contributed by atoms with Gasteiger partial charge in [-0.1, -0.05) is 29.3 Å². The van der Waals surface area contributed by atoms with Crippen molar-refractivity contribution in [3.8, 4) is 11.4 Å². The number of aromatic nitrogens is 4. The summed E-state index contributed by atoms with van der Waals surface area (Å²) in [5, 5.41) is 5.94. The van der Waals surface area contributed by atoms with Crippen molar-refractivity contribution in [2.45, 2.75) is 6.54 Å². The van der Waals surface area contributed by atoms with Crippen molar-refractivity contribution in [1.82, 2.24) is 19.7 Å². The highest BCUT2D eigenvalue weighted by atomic mass is 35.5. The van der Waals surface area contributed by atoms with Gasteiger partial charge < -0.3 is 5.73 Å². The highest BCUT2D eigenvalue weighted by Crippen LogP contribution is 2.27. The number of nitrogen functional groups attached to an aromatic ring is 1. The van der Waals surface area contributed by atoms with E-state index >= 15 is 0 Å². The van der Waals surface area contributed by atoms with Gasteiger partial charge in [0.05, 0.1) is 11.9 Å². The Balaban J connectivity index is 1.76. The smallest absolute Gasteiger partial charge is 0.186 e. The lowest BCUT2D eigenvalue weighted by Gasteiger charge is -2.06. The molecule has 2 heterocycles. The minimum Gasteiger partial charge on any atom is -0.383 e. The highest BCUT2D eigenvalue weighted by Gasteiger charge is 2.14. The van der Waals surface area contributed by atoms with Gasteiger partial charge in [0.25, 0.3) is 0 Å². The van der Waals surface area contributed by atoms with Gasteiger partial charge in [0, 0.05) is 27.4 Å². The van der Waals surface area contributed by atoms with Crippen LogP contribution in [0.2, 0.25) is 10.0 Å². The third-order valence-electron chi connectivity index (χ3n) is 4.02. The van der Waals surface area contributed by atoms with E-state index in [-0.39, 0.29) is 11.6 Å². The number of halogens is 4. The van der Waals surface area contributed by atoms with Crippen LogP contribution in [0.1, 0.15) is 5.56 Å². The lowest BCUT2D eigenvalue weighted by atomic mass is 10.2. The summed E-state index contributed by atoms with van der Waals surface area (Å²) in [6.07, 6.45) is 1.68. The number of nitrogens with zero attached hydrogens (tertiary/aromatic N) is 4. The third-order valence-corrected chi connectivity index (χ3v) is 4.72. The van der Waals surface area contributed by atoms with Gasteiger partial charge in [0.1, 0.15) is 5.82 Å². The number of rotatable bonds is 3. The fraction of sp³-hybridized carbons (Fsp3) is 0.0556. The Labute approximate surface area is 162 Å². The van der Waals surface area contributed by atoms with E-state index in [1.54, 1.807) is 29.1 Å². The summed E-state index contributed by atoms with van der Waals surface area (Å²) >= 11 is 12.4.